The highest BCUT2D eigenvalue weighted by Crippen LogP contribution is 2.43. The van der Waals surface area contributed by atoms with Gasteiger partial charge in [0.15, 0.2) is 11.5 Å². The molecule has 1 fully saturated rings. The van der Waals surface area contributed by atoms with Crippen LogP contribution in [-0.4, -0.2) is 38.1 Å². The first-order valence-corrected chi connectivity index (χ1v) is 11.1. The van der Waals surface area contributed by atoms with Crippen LogP contribution in [0.2, 0.25) is 10.0 Å². The fourth-order valence-corrected chi connectivity index (χ4v) is 4.75. The van der Waals surface area contributed by atoms with Crippen LogP contribution in [0, 0.1) is 0 Å². The topological polar surface area (TPSA) is 76.7 Å². The largest absolute Gasteiger partial charge is 0.486 e. The normalized spacial score (nSPS) is 16.6. The number of rotatable bonds is 6. The summed E-state index contributed by atoms with van der Waals surface area (Å²) in [6.45, 7) is 1.47. The molecule has 0 unspecified atom stereocenters. The molecule has 0 atom stereocenters. The average Bonchev–Trinajstić information content (AvgIpc) is 3.26. The Hall–Kier alpha value is -2.44. The number of hydrogen-bond donors (Lipinski definition) is 2. The van der Waals surface area contributed by atoms with Gasteiger partial charge in [-0.05, 0) is 48.7 Å². The number of hydrogen-bond acceptors (Lipinski definition) is 4. The van der Waals surface area contributed by atoms with Gasteiger partial charge in [0.1, 0.15) is 13.2 Å². The highest BCUT2D eigenvalue weighted by atomic mass is 35.5. The number of benzene rings is 2. The molecule has 2 aromatic carbocycles. The van der Waals surface area contributed by atoms with E-state index >= 15 is 0 Å². The third-order valence-electron chi connectivity index (χ3n) is 5.92. The van der Waals surface area contributed by atoms with Gasteiger partial charge in [0.25, 0.3) is 5.91 Å². The minimum atomic E-state index is -0.417. The van der Waals surface area contributed by atoms with Crippen LogP contribution in [0.4, 0.5) is 0 Å². The number of carbonyl (C=O) groups excluding carboxylic acids is 2. The summed E-state index contributed by atoms with van der Waals surface area (Å²) in [5, 5.41) is 6.30. The van der Waals surface area contributed by atoms with Gasteiger partial charge in [0.2, 0.25) is 5.91 Å². The smallest absolute Gasteiger partial charge is 0.253 e. The van der Waals surface area contributed by atoms with Gasteiger partial charge >= 0.3 is 0 Å². The van der Waals surface area contributed by atoms with Gasteiger partial charge in [-0.1, -0.05) is 42.1 Å². The van der Waals surface area contributed by atoms with Crippen LogP contribution in [0.15, 0.2) is 36.4 Å². The molecule has 1 aliphatic carbocycles. The molecule has 2 aliphatic rings. The first-order valence-electron chi connectivity index (χ1n) is 10.4. The fourth-order valence-electron chi connectivity index (χ4n) is 4.25. The van der Waals surface area contributed by atoms with Crippen molar-refractivity contribution in [3.63, 3.8) is 0 Å². The van der Waals surface area contributed by atoms with Crippen molar-refractivity contribution < 1.29 is 19.1 Å². The SMILES string of the molecule is O=C(CNC(=O)c1ccc(Cl)cc1Cl)NCC1(c2ccc3c(c2)OCCO3)CCCC1. The lowest BCUT2D eigenvalue weighted by atomic mass is 9.78. The highest BCUT2D eigenvalue weighted by molar-refractivity contribution is 6.36. The second-order valence-corrected chi connectivity index (χ2v) is 8.77. The van der Waals surface area contributed by atoms with Crippen LogP contribution in [-0.2, 0) is 10.2 Å². The minimum absolute atomic E-state index is 0.130. The Morgan fingerprint density at radius 1 is 0.935 bits per heavy atom. The van der Waals surface area contributed by atoms with Crippen molar-refractivity contribution in [2.75, 3.05) is 26.3 Å². The van der Waals surface area contributed by atoms with E-state index in [4.69, 9.17) is 32.7 Å². The first-order chi connectivity index (χ1) is 15.0. The zero-order chi connectivity index (χ0) is 21.8. The number of nitrogens with one attached hydrogen (secondary N) is 2. The molecule has 31 heavy (non-hydrogen) atoms. The van der Waals surface area contributed by atoms with Crippen molar-refractivity contribution in [2.45, 2.75) is 31.1 Å². The lowest BCUT2D eigenvalue weighted by molar-refractivity contribution is -0.120. The number of ether oxygens (including phenoxy) is 2. The second kappa shape index (κ2) is 9.37. The van der Waals surface area contributed by atoms with Gasteiger partial charge in [0, 0.05) is 17.0 Å². The summed E-state index contributed by atoms with van der Waals surface area (Å²) < 4.78 is 11.4. The van der Waals surface area contributed by atoms with Crippen molar-refractivity contribution in [3.05, 3.63) is 57.6 Å². The molecule has 0 aromatic heterocycles. The summed E-state index contributed by atoms with van der Waals surface area (Å²) in [5.74, 6) is 0.852. The number of halogens is 2. The standard InChI is InChI=1S/C23H24Cl2N2O4/c24-16-4-5-17(18(25)12-16)22(29)26-13-21(28)27-14-23(7-1-2-8-23)15-3-6-19-20(11-15)31-10-9-30-19/h3-6,11-12H,1-2,7-10,13-14H2,(H,26,29)(H,27,28). The first kappa shape index (κ1) is 21.8. The Morgan fingerprint density at radius 2 is 1.68 bits per heavy atom. The maximum absolute atomic E-state index is 12.5. The van der Waals surface area contributed by atoms with E-state index in [0.29, 0.717) is 24.8 Å². The Morgan fingerprint density at radius 3 is 2.42 bits per heavy atom. The molecular weight excluding hydrogens is 439 g/mol. The van der Waals surface area contributed by atoms with E-state index in [9.17, 15) is 9.59 Å². The van der Waals surface area contributed by atoms with E-state index in [2.05, 4.69) is 16.7 Å². The molecule has 8 heteroatoms. The Balaban J connectivity index is 1.37. The van der Waals surface area contributed by atoms with Crippen molar-refractivity contribution in [1.29, 1.82) is 0 Å². The van der Waals surface area contributed by atoms with Crippen LogP contribution >= 0.6 is 23.2 Å². The Kier molecular flexibility index (Phi) is 6.58. The van der Waals surface area contributed by atoms with E-state index in [0.717, 1.165) is 42.7 Å². The summed E-state index contributed by atoms with van der Waals surface area (Å²) in [6.07, 6.45) is 4.19. The maximum Gasteiger partial charge on any atom is 0.253 e. The van der Waals surface area contributed by atoms with Crippen LogP contribution in [0.1, 0.15) is 41.6 Å². The van der Waals surface area contributed by atoms with Crippen LogP contribution < -0.4 is 20.1 Å². The molecule has 2 aromatic rings. The summed E-state index contributed by atoms with van der Waals surface area (Å²) >= 11 is 11.9. The van der Waals surface area contributed by atoms with Crippen molar-refractivity contribution in [2.24, 2.45) is 0 Å². The molecule has 4 rings (SSSR count). The van der Waals surface area contributed by atoms with E-state index < -0.39 is 5.91 Å². The van der Waals surface area contributed by atoms with Gasteiger partial charge in [-0.3, -0.25) is 9.59 Å². The predicted molar refractivity (Wildman–Crippen MR) is 119 cm³/mol. The number of fused-ring (bicyclic) bond motifs is 1. The van der Waals surface area contributed by atoms with E-state index in [1.54, 1.807) is 6.07 Å². The molecule has 0 bridgehead atoms. The summed E-state index contributed by atoms with van der Waals surface area (Å²) in [5.41, 5.74) is 1.28. The van der Waals surface area contributed by atoms with Crippen molar-refractivity contribution in [1.82, 2.24) is 10.6 Å². The van der Waals surface area contributed by atoms with E-state index in [1.165, 1.54) is 12.1 Å². The number of carbonyl (C=O) groups is 2. The lowest BCUT2D eigenvalue weighted by Gasteiger charge is -2.31. The molecular formula is C23H24Cl2N2O4. The molecule has 164 valence electrons. The number of amides is 2. The summed E-state index contributed by atoms with van der Waals surface area (Å²) in [4.78, 5) is 24.8. The van der Waals surface area contributed by atoms with Crippen LogP contribution in [0.25, 0.3) is 0 Å². The maximum atomic E-state index is 12.5. The molecule has 1 heterocycles. The third kappa shape index (κ3) is 4.91. The average molecular weight is 463 g/mol. The Labute approximate surface area is 191 Å². The fraction of sp³-hybridized carbons (Fsp3) is 0.391. The van der Waals surface area contributed by atoms with Gasteiger partial charge in [-0.2, -0.15) is 0 Å². The third-order valence-corrected chi connectivity index (χ3v) is 6.47. The van der Waals surface area contributed by atoms with E-state index in [-0.39, 0.29) is 28.5 Å². The summed E-state index contributed by atoms with van der Waals surface area (Å²) in [7, 11) is 0. The summed E-state index contributed by atoms with van der Waals surface area (Å²) in [6, 6.07) is 10.7. The zero-order valence-electron chi connectivity index (χ0n) is 17.0. The molecule has 1 saturated carbocycles. The van der Waals surface area contributed by atoms with Gasteiger partial charge < -0.3 is 20.1 Å². The lowest BCUT2D eigenvalue weighted by Crippen LogP contribution is -2.43. The predicted octanol–water partition coefficient (Wildman–Crippen LogP) is 4.12. The molecule has 2 N–H and O–H groups in total. The Bertz CT molecular complexity index is 990. The van der Waals surface area contributed by atoms with Gasteiger partial charge in [-0.15, -0.1) is 0 Å². The molecule has 0 spiro atoms. The van der Waals surface area contributed by atoms with Crippen LogP contribution in [0.3, 0.4) is 0 Å². The quantitative estimate of drug-likeness (QED) is 0.676. The van der Waals surface area contributed by atoms with Crippen molar-refractivity contribution >= 4 is 35.0 Å². The molecule has 2 amide bonds. The van der Waals surface area contributed by atoms with E-state index in [1.807, 2.05) is 12.1 Å². The zero-order valence-corrected chi connectivity index (χ0v) is 18.5. The minimum Gasteiger partial charge on any atom is -0.486 e. The molecule has 0 radical (unpaired) electrons. The highest BCUT2D eigenvalue weighted by Gasteiger charge is 2.36. The molecule has 6 nitrogen and oxygen atoms in total. The van der Waals surface area contributed by atoms with Gasteiger partial charge in [-0.25, -0.2) is 0 Å². The monoisotopic (exact) mass is 462 g/mol. The molecule has 0 saturated heterocycles. The van der Waals surface area contributed by atoms with Gasteiger partial charge in [0.05, 0.1) is 17.1 Å². The second-order valence-electron chi connectivity index (χ2n) is 7.93. The molecule has 1 aliphatic heterocycles. The van der Waals surface area contributed by atoms with Crippen LogP contribution in [0.5, 0.6) is 11.5 Å². The van der Waals surface area contributed by atoms with Crippen molar-refractivity contribution in [3.8, 4) is 11.5 Å².